The van der Waals surface area contributed by atoms with Gasteiger partial charge in [-0.1, -0.05) is 210 Å². The van der Waals surface area contributed by atoms with Crippen LogP contribution < -0.4 is 42.0 Å². The van der Waals surface area contributed by atoms with Crippen molar-refractivity contribution in [1.82, 2.24) is 0 Å². The average molecular weight is 706 g/mol. The fourth-order valence-corrected chi connectivity index (χ4v) is 8.97. The normalized spacial score (nSPS) is 10.1. The Kier molecular flexibility index (Phi) is 19.5. The molecule has 0 spiro atoms. The molecule has 0 fully saturated rings. The van der Waals surface area contributed by atoms with Crippen LogP contribution in [0.15, 0.2) is 182 Å². The summed E-state index contributed by atoms with van der Waals surface area (Å²) >= 11 is 0. The van der Waals surface area contributed by atoms with Crippen LogP contribution in [0.4, 0.5) is 0 Å². The molecule has 6 rings (SSSR count). The van der Waals surface area contributed by atoms with E-state index >= 15 is 0 Å². The van der Waals surface area contributed by atoms with Crippen molar-refractivity contribution < 1.29 is 27.3 Å². The zero-order valence-electron chi connectivity index (χ0n) is 27.5. The van der Waals surface area contributed by atoms with Crippen molar-refractivity contribution in [2.24, 2.45) is 0 Å². The second-order valence-electron chi connectivity index (χ2n) is 10.8. The van der Waals surface area contributed by atoms with Gasteiger partial charge < -0.3 is 10.2 Å². The maximum Gasteiger partial charge on any atom is 2.00 e. The minimum absolute atomic E-state index is 0. The Labute approximate surface area is 295 Å². The van der Waals surface area contributed by atoms with E-state index in [0.717, 1.165) is 0 Å². The van der Waals surface area contributed by atoms with Gasteiger partial charge in [-0.05, 0) is 47.7 Å². The summed E-state index contributed by atoms with van der Waals surface area (Å²) in [6.07, 6.45) is -0.833. The molecule has 5 heteroatoms. The standard InChI is InChI=1S/2C18H15P.2C3H7O.Cu/c2*1-4-10-16(11-5-1)19(17-12-6-2-7-13-17)18-14-8-3-9-15-18;2*1-3(2)4;/h2*1-15H;2*3H,1-2H3;/q;;2*-1;+2. The Morgan fingerprint density at radius 1 is 0.298 bits per heavy atom. The van der Waals surface area contributed by atoms with Crippen molar-refractivity contribution >= 4 is 47.7 Å². The second kappa shape index (κ2) is 23.0. The fourth-order valence-electron chi connectivity index (χ4n) is 4.36. The first-order chi connectivity index (χ1) is 22.4. The largest absolute Gasteiger partial charge is 2.00 e. The Bertz CT molecular complexity index is 1270. The van der Waals surface area contributed by atoms with Crippen LogP contribution in [-0.2, 0) is 17.1 Å². The second-order valence-corrected chi connectivity index (χ2v) is 15.2. The molecule has 0 aliphatic heterocycles. The van der Waals surface area contributed by atoms with E-state index in [9.17, 15) is 10.2 Å². The summed E-state index contributed by atoms with van der Waals surface area (Å²) in [5, 5.41) is 27.4. The van der Waals surface area contributed by atoms with Gasteiger partial charge in [-0.25, -0.2) is 0 Å². The van der Waals surface area contributed by atoms with Gasteiger partial charge in [0.05, 0.1) is 0 Å². The van der Waals surface area contributed by atoms with Gasteiger partial charge in [0, 0.05) is 0 Å². The molecule has 6 aromatic rings. The van der Waals surface area contributed by atoms with Crippen LogP contribution >= 0.6 is 15.8 Å². The van der Waals surface area contributed by atoms with Crippen molar-refractivity contribution in [3.8, 4) is 0 Å². The molecule has 0 bridgehead atoms. The average Bonchev–Trinajstić information content (AvgIpc) is 3.08. The minimum Gasteiger partial charge on any atom is -0.852 e. The number of benzene rings is 6. The first-order valence-electron chi connectivity index (χ1n) is 15.6. The van der Waals surface area contributed by atoms with Gasteiger partial charge >= 0.3 is 17.1 Å². The summed E-state index contributed by atoms with van der Waals surface area (Å²) in [6.45, 7) is 6.44. The van der Waals surface area contributed by atoms with Gasteiger partial charge in [0.1, 0.15) is 0 Å². The fraction of sp³-hybridized carbons (Fsp3) is 0.143. The van der Waals surface area contributed by atoms with E-state index in [0.29, 0.717) is 0 Å². The molecule has 6 aromatic carbocycles. The zero-order chi connectivity index (χ0) is 33.0. The third-order valence-electron chi connectivity index (χ3n) is 6.09. The van der Waals surface area contributed by atoms with Crippen LogP contribution in [0.5, 0.6) is 0 Å². The van der Waals surface area contributed by atoms with Gasteiger partial charge in [0.25, 0.3) is 0 Å². The van der Waals surface area contributed by atoms with Crippen molar-refractivity contribution in [2.75, 3.05) is 0 Å². The molecule has 0 saturated heterocycles. The third kappa shape index (κ3) is 14.9. The van der Waals surface area contributed by atoms with E-state index in [2.05, 4.69) is 182 Å². The first kappa shape index (κ1) is 39.8. The van der Waals surface area contributed by atoms with E-state index in [1.165, 1.54) is 31.8 Å². The summed E-state index contributed by atoms with van der Waals surface area (Å²) in [5.41, 5.74) is 0. The topological polar surface area (TPSA) is 46.1 Å². The van der Waals surface area contributed by atoms with Crippen LogP contribution in [0.1, 0.15) is 27.7 Å². The van der Waals surface area contributed by atoms with Gasteiger partial charge in [-0.15, -0.1) is 12.2 Å². The van der Waals surface area contributed by atoms with E-state index in [-0.39, 0.29) is 17.1 Å². The number of hydrogen-bond acceptors (Lipinski definition) is 2. The molecule has 245 valence electrons. The molecule has 0 aromatic heterocycles. The van der Waals surface area contributed by atoms with E-state index in [1.54, 1.807) is 27.7 Å². The molecule has 0 unspecified atom stereocenters. The van der Waals surface area contributed by atoms with Crippen molar-refractivity contribution in [3.63, 3.8) is 0 Å². The van der Waals surface area contributed by atoms with Gasteiger partial charge in [-0.3, -0.25) is 0 Å². The predicted molar refractivity (Wildman–Crippen MR) is 201 cm³/mol. The van der Waals surface area contributed by atoms with Crippen LogP contribution in [-0.4, -0.2) is 12.2 Å². The molecular weight excluding hydrogens is 662 g/mol. The Morgan fingerprint density at radius 3 is 0.511 bits per heavy atom. The number of hydrogen-bond donors (Lipinski definition) is 0. The molecule has 2 nitrogen and oxygen atoms in total. The summed E-state index contributed by atoms with van der Waals surface area (Å²) in [6, 6.07) is 64.7. The van der Waals surface area contributed by atoms with Crippen LogP contribution in [0.2, 0.25) is 0 Å². The van der Waals surface area contributed by atoms with E-state index in [4.69, 9.17) is 0 Å². The molecular formula is C42H44CuO2P2. The first-order valence-corrected chi connectivity index (χ1v) is 18.3. The van der Waals surface area contributed by atoms with Crippen molar-refractivity contribution in [2.45, 2.75) is 39.9 Å². The molecule has 0 N–H and O–H groups in total. The Morgan fingerprint density at radius 2 is 0.404 bits per heavy atom. The van der Waals surface area contributed by atoms with Crippen molar-refractivity contribution in [1.29, 1.82) is 0 Å². The predicted octanol–water partition coefficient (Wildman–Crippen LogP) is 6.40. The molecule has 0 heterocycles. The SMILES string of the molecule is CC(C)[O-].CC(C)[O-].[Cu+2].c1ccc(P(c2ccccc2)c2ccccc2)cc1.c1ccc(P(c2ccccc2)c2ccccc2)cc1. The molecule has 47 heavy (non-hydrogen) atoms. The zero-order valence-corrected chi connectivity index (χ0v) is 30.2. The quantitative estimate of drug-likeness (QED) is 0.149. The van der Waals surface area contributed by atoms with Crippen molar-refractivity contribution in [3.05, 3.63) is 182 Å². The van der Waals surface area contributed by atoms with Crippen LogP contribution in [0, 0.1) is 0 Å². The van der Waals surface area contributed by atoms with Crippen LogP contribution in [0.25, 0.3) is 0 Å². The monoisotopic (exact) mass is 705 g/mol. The maximum atomic E-state index is 9.53. The summed E-state index contributed by atoms with van der Waals surface area (Å²) in [4.78, 5) is 0. The van der Waals surface area contributed by atoms with E-state index < -0.39 is 28.1 Å². The number of rotatable bonds is 6. The molecule has 0 aliphatic carbocycles. The van der Waals surface area contributed by atoms with Gasteiger partial charge in [-0.2, -0.15) is 0 Å². The minimum atomic E-state index is -0.446. The van der Waals surface area contributed by atoms with E-state index in [1.807, 2.05) is 0 Å². The smallest absolute Gasteiger partial charge is 0.852 e. The molecule has 0 saturated carbocycles. The molecule has 0 aliphatic rings. The summed E-state index contributed by atoms with van der Waals surface area (Å²) < 4.78 is 0. The maximum absolute atomic E-state index is 9.53. The summed E-state index contributed by atoms with van der Waals surface area (Å²) in [7, 11) is -0.892. The summed E-state index contributed by atoms with van der Waals surface area (Å²) in [5.74, 6) is 0. The van der Waals surface area contributed by atoms with Gasteiger partial charge in [0.2, 0.25) is 0 Å². The molecule has 0 amide bonds. The molecule has 0 atom stereocenters. The Hall–Kier alpha value is -3.38. The third-order valence-corrected chi connectivity index (χ3v) is 11.0. The molecule has 1 radical (unpaired) electrons. The Balaban J connectivity index is 0.000000262. The van der Waals surface area contributed by atoms with Gasteiger partial charge in [0.15, 0.2) is 0 Å². The van der Waals surface area contributed by atoms with Crippen LogP contribution in [0.3, 0.4) is 0 Å².